The smallest absolute Gasteiger partial charge is 0.300 e. The summed E-state index contributed by atoms with van der Waals surface area (Å²) in [5.41, 5.74) is 2.01. The van der Waals surface area contributed by atoms with Crippen molar-refractivity contribution in [2.24, 2.45) is 5.84 Å². The molecule has 0 radical (unpaired) electrons. The lowest BCUT2D eigenvalue weighted by molar-refractivity contribution is -0.121. The number of carbonyl (C=O) groups is 2. The molecule has 6 heteroatoms. The molecule has 1 fully saturated rings. The van der Waals surface area contributed by atoms with Crippen molar-refractivity contribution in [1.82, 2.24) is 10.3 Å². The maximum absolute atomic E-state index is 11.2. The van der Waals surface area contributed by atoms with Gasteiger partial charge >= 0.3 is 5.91 Å². The Morgan fingerprint density at radius 3 is 2.76 bits per heavy atom. The van der Waals surface area contributed by atoms with Crippen LogP contribution in [0.3, 0.4) is 0 Å². The highest BCUT2D eigenvalue weighted by Gasteiger charge is 2.18. The Balaban J connectivity index is 1.93. The largest absolute Gasteiger partial charge is 0.455 e. The molecule has 0 aliphatic carbocycles. The van der Waals surface area contributed by atoms with E-state index in [0.29, 0.717) is 30.9 Å². The number of Topliss-reactive ketones (excluding diaryl/α,β-unsaturated/α-hetero) is 1. The Labute approximate surface area is 98.7 Å². The summed E-state index contributed by atoms with van der Waals surface area (Å²) >= 11 is 0. The van der Waals surface area contributed by atoms with Crippen LogP contribution in [0.4, 0.5) is 0 Å². The summed E-state index contributed by atoms with van der Waals surface area (Å²) in [6, 6.07) is 3.34. The van der Waals surface area contributed by atoms with E-state index in [1.54, 1.807) is 12.1 Å². The second-order valence-electron chi connectivity index (χ2n) is 4.05. The lowest BCUT2D eigenvalue weighted by Crippen LogP contribution is -2.33. The topological polar surface area (TPSA) is 88.6 Å². The molecule has 2 heterocycles. The summed E-state index contributed by atoms with van der Waals surface area (Å²) in [5.74, 6) is 5.79. The van der Waals surface area contributed by atoms with Crippen LogP contribution < -0.4 is 11.3 Å². The van der Waals surface area contributed by atoms with Gasteiger partial charge in [-0.3, -0.25) is 19.9 Å². The van der Waals surface area contributed by atoms with Crippen LogP contribution in [0.5, 0.6) is 0 Å². The van der Waals surface area contributed by atoms with Crippen molar-refractivity contribution in [2.75, 3.05) is 13.1 Å². The number of piperidine rings is 1. The lowest BCUT2D eigenvalue weighted by atomic mass is 10.1. The van der Waals surface area contributed by atoms with Crippen LogP contribution in [0.1, 0.15) is 29.2 Å². The number of carbonyl (C=O) groups excluding carboxylic acids is 2. The quantitative estimate of drug-likeness (QED) is 0.440. The maximum Gasteiger partial charge on any atom is 0.300 e. The number of nitrogens with two attached hydrogens (primary N) is 1. The van der Waals surface area contributed by atoms with Gasteiger partial charge in [0, 0.05) is 25.9 Å². The predicted molar refractivity (Wildman–Crippen MR) is 59.9 cm³/mol. The van der Waals surface area contributed by atoms with Gasteiger partial charge in [-0.2, -0.15) is 0 Å². The van der Waals surface area contributed by atoms with Crippen LogP contribution in [-0.4, -0.2) is 29.7 Å². The number of ketones is 1. The van der Waals surface area contributed by atoms with E-state index in [9.17, 15) is 9.59 Å². The minimum Gasteiger partial charge on any atom is -0.455 e. The highest BCUT2D eigenvalue weighted by molar-refractivity contribution is 5.90. The molecule has 0 unspecified atom stereocenters. The summed E-state index contributed by atoms with van der Waals surface area (Å²) in [7, 11) is 0. The van der Waals surface area contributed by atoms with Crippen molar-refractivity contribution in [3.63, 3.8) is 0 Å². The zero-order valence-corrected chi connectivity index (χ0v) is 9.44. The molecule has 3 N–H and O–H groups in total. The van der Waals surface area contributed by atoms with E-state index < -0.39 is 5.91 Å². The minimum atomic E-state index is -0.440. The Kier molecular flexibility index (Phi) is 3.55. The normalized spacial score (nSPS) is 17.1. The zero-order valence-electron chi connectivity index (χ0n) is 9.44. The SMILES string of the molecule is NNC(=O)c1ccc(CN2CCC(=O)CC2)o1. The van der Waals surface area contributed by atoms with E-state index in [1.807, 2.05) is 5.43 Å². The standard InChI is InChI=1S/C11H15N3O3/c12-13-11(16)10-2-1-9(17-10)7-14-5-3-8(15)4-6-14/h1-2H,3-7,12H2,(H,13,16). The number of likely N-dealkylation sites (tertiary alicyclic amines) is 1. The second kappa shape index (κ2) is 5.11. The first-order chi connectivity index (χ1) is 8.19. The van der Waals surface area contributed by atoms with Crippen LogP contribution in [0.2, 0.25) is 0 Å². The first-order valence-electron chi connectivity index (χ1n) is 5.53. The fourth-order valence-electron chi connectivity index (χ4n) is 1.84. The van der Waals surface area contributed by atoms with Crippen molar-refractivity contribution >= 4 is 11.7 Å². The number of nitrogen functional groups attached to an aromatic ring is 1. The Bertz CT molecular complexity index is 417. The fourth-order valence-corrected chi connectivity index (χ4v) is 1.84. The number of nitrogens with one attached hydrogen (secondary N) is 1. The van der Waals surface area contributed by atoms with Crippen molar-refractivity contribution in [2.45, 2.75) is 19.4 Å². The number of hydrazine groups is 1. The first kappa shape index (κ1) is 11.8. The van der Waals surface area contributed by atoms with Gasteiger partial charge in [-0.05, 0) is 12.1 Å². The van der Waals surface area contributed by atoms with E-state index in [0.717, 1.165) is 13.1 Å². The number of hydrogen-bond donors (Lipinski definition) is 2. The third-order valence-electron chi connectivity index (χ3n) is 2.81. The number of amides is 1. The monoisotopic (exact) mass is 237 g/mol. The van der Waals surface area contributed by atoms with Crippen molar-refractivity contribution in [3.05, 3.63) is 23.7 Å². The van der Waals surface area contributed by atoms with Gasteiger partial charge in [0.1, 0.15) is 11.5 Å². The molecule has 2 rings (SSSR count). The molecule has 0 saturated carbocycles. The molecule has 1 amide bonds. The molecular formula is C11H15N3O3. The van der Waals surface area contributed by atoms with Gasteiger partial charge in [0.2, 0.25) is 0 Å². The van der Waals surface area contributed by atoms with Gasteiger partial charge in [0.05, 0.1) is 6.54 Å². The molecule has 1 aromatic heterocycles. The molecule has 0 aromatic carbocycles. The minimum absolute atomic E-state index is 0.204. The number of furan rings is 1. The third-order valence-corrected chi connectivity index (χ3v) is 2.81. The van der Waals surface area contributed by atoms with Crippen LogP contribution in [0.25, 0.3) is 0 Å². The zero-order chi connectivity index (χ0) is 12.3. The van der Waals surface area contributed by atoms with Gasteiger partial charge in [-0.25, -0.2) is 5.84 Å². The van der Waals surface area contributed by atoms with E-state index in [2.05, 4.69) is 4.90 Å². The van der Waals surface area contributed by atoms with Crippen molar-refractivity contribution in [3.8, 4) is 0 Å². The molecule has 6 nitrogen and oxygen atoms in total. The van der Waals surface area contributed by atoms with Gasteiger partial charge < -0.3 is 4.42 Å². The summed E-state index contributed by atoms with van der Waals surface area (Å²) in [5, 5.41) is 0. The molecular weight excluding hydrogens is 222 g/mol. The first-order valence-corrected chi connectivity index (χ1v) is 5.53. The van der Waals surface area contributed by atoms with Crippen LogP contribution >= 0.6 is 0 Å². The molecule has 0 bridgehead atoms. The van der Waals surface area contributed by atoms with E-state index >= 15 is 0 Å². The average Bonchev–Trinajstić information content (AvgIpc) is 2.80. The molecule has 1 saturated heterocycles. The number of rotatable bonds is 3. The van der Waals surface area contributed by atoms with Crippen LogP contribution in [0, 0.1) is 0 Å². The summed E-state index contributed by atoms with van der Waals surface area (Å²) < 4.78 is 5.35. The predicted octanol–water partition coefficient (Wildman–Crippen LogP) is 0.0480. The molecule has 1 aliphatic heterocycles. The van der Waals surface area contributed by atoms with Gasteiger partial charge in [-0.15, -0.1) is 0 Å². The van der Waals surface area contributed by atoms with Gasteiger partial charge in [-0.1, -0.05) is 0 Å². The molecule has 1 aromatic rings. The molecule has 1 aliphatic rings. The summed E-state index contributed by atoms with van der Waals surface area (Å²) in [6.45, 7) is 2.11. The maximum atomic E-state index is 11.2. The highest BCUT2D eigenvalue weighted by Crippen LogP contribution is 2.13. The summed E-state index contributed by atoms with van der Waals surface area (Å²) in [4.78, 5) is 24.4. The fraction of sp³-hybridized carbons (Fsp3) is 0.455. The Hall–Kier alpha value is -1.66. The highest BCUT2D eigenvalue weighted by atomic mass is 16.4. The average molecular weight is 237 g/mol. The molecule has 0 atom stereocenters. The molecule has 0 spiro atoms. The molecule has 92 valence electrons. The molecule has 17 heavy (non-hydrogen) atoms. The number of nitrogens with zero attached hydrogens (tertiary/aromatic N) is 1. The van der Waals surface area contributed by atoms with Crippen molar-refractivity contribution in [1.29, 1.82) is 0 Å². The van der Waals surface area contributed by atoms with E-state index in [-0.39, 0.29) is 5.76 Å². The third kappa shape index (κ3) is 2.92. The number of hydrogen-bond acceptors (Lipinski definition) is 5. The van der Waals surface area contributed by atoms with E-state index in [4.69, 9.17) is 10.3 Å². The van der Waals surface area contributed by atoms with Gasteiger partial charge in [0.25, 0.3) is 0 Å². The lowest BCUT2D eigenvalue weighted by Gasteiger charge is -2.24. The van der Waals surface area contributed by atoms with E-state index in [1.165, 1.54) is 0 Å². The Morgan fingerprint density at radius 2 is 2.12 bits per heavy atom. The van der Waals surface area contributed by atoms with Crippen molar-refractivity contribution < 1.29 is 14.0 Å². The Morgan fingerprint density at radius 1 is 1.41 bits per heavy atom. The van der Waals surface area contributed by atoms with Crippen LogP contribution in [0.15, 0.2) is 16.5 Å². The summed E-state index contributed by atoms with van der Waals surface area (Å²) in [6.07, 6.45) is 1.19. The second-order valence-corrected chi connectivity index (χ2v) is 4.05. The van der Waals surface area contributed by atoms with Crippen LogP contribution in [-0.2, 0) is 11.3 Å². The van der Waals surface area contributed by atoms with Gasteiger partial charge in [0.15, 0.2) is 5.76 Å².